The van der Waals surface area contributed by atoms with Crippen LogP contribution in [0.15, 0.2) is 53.7 Å². The van der Waals surface area contributed by atoms with E-state index in [0.29, 0.717) is 22.3 Å². The van der Waals surface area contributed by atoms with E-state index in [0.717, 1.165) is 11.3 Å². The van der Waals surface area contributed by atoms with E-state index in [1.165, 1.54) is 36.2 Å². The number of halogens is 1. The summed E-state index contributed by atoms with van der Waals surface area (Å²) in [7, 11) is -0.298. The van der Waals surface area contributed by atoms with Crippen molar-refractivity contribution in [3.05, 3.63) is 59.9 Å². The molecule has 9 heteroatoms. The molecule has 3 rings (SSSR count). The molecule has 0 unspecified atom stereocenters. The Hall–Kier alpha value is -2.23. The number of benzene rings is 2. The fourth-order valence-corrected chi connectivity index (χ4v) is 4.67. The Morgan fingerprint density at radius 3 is 2.39 bits per heavy atom. The van der Waals surface area contributed by atoms with Gasteiger partial charge >= 0.3 is 0 Å². The van der Waals surface area contributed by atoms with Crippen LogP contribution in [0.2, 0.25) is 0 Å². The predicted molar refractivity (Wildman–Crippen MR) is 110 cm³/mol. The van der Waals surface area contributed by atoms with Gasteiger partial charge in [-0.15, -0.1) is 10.2 Å². The van der Waals surface area contributed by atoms with Crippen molar-refractivity contribution >= 4 is 21.8 Å². The summed E-state index contributed by atoms with van der Waals surface area (Å²) in [5, 5.41) is 8.90. The number of thioether (sulfide) groups is 1. The molecule has 148 valence electrons. The monoisotopic (exact) mass is 420 g/mol. The van der Waals surface area contributed by atoms with Gasteiger partial charge < -0.3 is 0 Å². The highest BCUT2D eigenvalue weighted by molar-refractivity contribution is 8.00. The van der Waals surface area contributed by atoms with E-state index in [9.17, 15) is 12.8 Å². The van der Waals surface area contributed by atoms with Gasteiger partial charge in [0.15, 0.2) is 11.0 Å². The standard InChI is InChI=1S/C19H21FN4O2S2/c1-14-8-10-15(11-9-14)24-18(16-6-4-5-7-17(16)20)21-22-19(24)27-12-13-28(25,26)23(2)3/h4-11H,12-13H2,1-3H3. The van der Waals surface area contributed by atoms with Crippen LogP contribution in [0, 0.1) is 12.7 Å². The van der Waals surface area contributed by atoms with Crippen molar-refractivity contribution in [3.63, 3.8) is 0 Å². The molecular formula is C19H21FN4O2S2. The van der Waals surface area contributed by atoms with Gasteiger partial charge in [-0.25, -0.2) is 17.1 Å². The maximum Gasteiger partial charge on any atom is 0.214 e. The van der Waals surface area contributed by atoms with Crippen LogP contribution < -0.4 is 0 Å². The highest BCUT2D eigenvalue weighted by Crippen LogP contribution is 2.29. The smallest absolute Gasteiger partial charge is 0.214 e. The highest BCUT2D eigenvalue weighted by Gasteiger charge is 2.20. The van der Waals surface area contributed by atoms with E-state index in [-0.39, 0.29) is 5.75 Å². The van der Waals surface area contributed by atoms with Gasteiger partial charge in [0, 0.05) is 25.5 Å². The summed E-state index contributed by atoms with van der Waals surface area (Å²) in [6, 6.07) is 14.1. The second-order valence-electron chi connectivity index (χ2n) is 6.40. The third-order valence-electron chi connectivity index (χ3n) is 4.17. The molecule has 0 aliphatic carbocycles. The van der Waals surface area contributed by atoms with Gasteiger partial charge in [0.2, 0.25) is 10.0 Å². The molecule has 0 radical (unpaired) electrons. The van der Waals surface area contributed by atoms with Gasteiger partial charge in [0.05, 0.1) is 11.3 Å². The second-order valence-corrected chi connectivity index (χ2v) is 9.77. The third-order valence-corrected chi connectivity index (χ3v) is 7.19. The van der Waals surface area contributed by atoms with Crippen molar-refractivity contribution in [2.75, 3.05) is 25.6 Å². The van der Waals surface area contributed by atoms with Crippen LogP contribution in [0.25, 0.3) is 17.1 Å². The van der Waals surface area contributed by atoms with Crippen molar-refractivity contribution in [1.29, 1.82) is 0 Å². The minimum absolute atomic E-state index is 0.0273. The van der Waals surface area contributed by atoms with Crippen LogP contribution >= 0.6 is 11.8 Å². The topological polar surface area (TPSA) is 68.1 Å². The van der Waals surface area contributed by atoms with Gasteiger partial charge in [-0.1, -0.05) is 41.6 Å². The van der Waals surface area contributed by atoms with Crippen LogP contribution in [0.5, 0.6) is 0 Å². The molecule has 6 nitrogen and oxygen atoms in total. The van der Waals surface area contributed by atoms with Crippen molar-refractivity contribution < 1.29 is 12.8 Å². The van der Waals surface area contributed by atoms with Crippen LogP contribution in [0.1, 0.15) is 5.56 Å². The van der Waals surface area contributed by atoms with Gasteiger partial charge in [-0.3, -0.25) is 4.57 Å². The fourth-order valence-electron chi connectivity index (χ4n) is 2.53. The summed E-state index contributed by atoms with van der Waals surface area (Å²) >= 11 is 1.27. The van der Waals surface area contributed by atoms with Gasteiger partial charge in [-0.2, -0.15) is 0 Å². The molecule has 28 heavy (non-hydrogen) atoms. The van der Waals surface area contributed by atoms with E-state index in [1.807, 2.05) is 31.2 Å². The Morgan fingerprint density at radius 2 is 1.75 bits per heavy atom. The van der Waals surface area contributed by atoms with Crippen molar-refractivity contribution in [2.24, 2.45) is 0 Å². The number of sulfonamides is 1. The first-order valence-electron chi connectivity index (χ1n) is 8.60. The quantitative estimate of drug-likeness (QED) is 0.548. The van der Waals surface area contributed by atoms with Crippen molar-refractivity contribution in [1.82, 2.24) is 19.1 Å². The van der Waals surface area contributed by atoms with Crippen LogP contribution in [-0.4, -0.2) is 53.1 Å². The molecule has 0 bridgehead atoms. The van der Waals surface area contributed by atoms with E-state index in [1.54, 1.807) is 22.8 Å². The predicted octanol–water partition coefficient (Wildman–Crippen LogP) is 3.37. The normalized spacial score (nSPS) is 11.9. The summed E-state index contributed by atoms with van der Waals surface area (Å²) in [6.07, 6.45) is 0. The molecule has 0 aliphatic heterocycles. The highest BCUT2D eigenvalue weighted by atomic mass is 32.2. The van der Waals surface area contributed by atoms with Crippen LogP contribution in [0.4, 0.5) is 4.39 Å². The molecule has 0 amide bonds. The summed E-state index contributed by atoms with van der Waals surface area (Å²) in [4.78, 5) is 0. The number of rotatable bonds is 7. The number of hydrogen-bond donors (Lipinski definition) is 0. The fraction of sp³-hybridized carbons (Fsp3) is 0.263. The average molecular weight is 421 g/mol. The number of nitrogens with zero attached hydrogens (tertiary/aromatic N) is 4. The first kappa shape index (κ1) is 20.5. The Balaban J connectivity index is 1.99. The molecule has 0 saturated heterocycles. The van der Waals surface area contributed by atoms with E-state index in [4.69, 9.17) is 0 Å². The molecule has 0 aliphatic rings. The van der Waals surface area contributed by atoms with Crippen molar-refractivity contribution in [3.8, 4) is 17.1 Å². The molecule has 2 aromatic carbocycles. The zero-order valence-electron chi connectivity index (χ0n) is 15.8. The Labute approximate surface area is 168 Å². The van der Waals surface area contributed by atoms with Gasteiger partial charge in [-0.05, 0) is 31.2 Å². The Bertz CT molecular complexity index is 1060. The lowest BCUT2D eigenvalue weighted by atomic mass is 10.2. The average Bonchev–Trinajstić information content (AvgIpc) is 3.06. The molecular weight excluding hydrogens is 399 g/mol. The van der Waals surface area contributed by atoms with E-state index in [2.05, 4.69) is 10.2 Å². The minimum atomic E-state index is -3.31. The zero-order chi connectivity index (χ0) is 20.3. The summed E-state index contributed by atoms with van der Waals surface area (Å²) in [5.74, 6) is 0.261. The van der Waals surface area contributed by atoms with E-state index >= 15 is 0 Å². The summed E-state index contributed by atoms with van der Waals surface area (Å²) in [5.41, 5.74) is 2.21. The molecule has 1 heterocycles. The lowest BCUT2D eigenvalue weighted by Crippen LogP contribution is -2.26. The minimum Gasteiger partial charge on any atom is -0.270 e. The van der Waals surface area contributed by atoms with Gasteiger partial charge in [0.1, 0.15) is 5.82 Å². The first-order chi connectivity index (χ1) is 13.3. The SMILES string of the molecule is Cc1ccc(-n2c(SCCS(=O)(=O)N(C)C)nnc2-c2ccccc2F)cc1. The maximum absolute atomic E-state index is 14.4. The number of hydrogen-bond acceptors (Lipinski definition) is 5. The molecule has 0 N–H and O–H groups in total. The third kappa shape index (κ3) is 4.43. The van der Waals surface area contributed by atoms with Crippen LogP contribution in [0.3, 0.4) is 0 Å². The summed E-state index contributed by atoms with van der Waals surface area (Å²) in [6.45, 7) is 1.98. The van der Waals surface area contributed by atoms with E-state index < -0.39 is 15.8 Å². The molecule has 0 saturated carbocycles. The maximum atomic E-state index is 14.4. The van der Waals surface area contributed by atoms with Crippen LogP contribution in [-0.2, 0) is 10.0 Å². The largest absolute Gasteiger partial charge is 0.270 e. The first-order valence-corrected chi connectivity index (χ1v) is 11.2. The van der Waals surface area contributed by atoms with Gasteiger partial charge in [0.25, 0.3) is 0 Å². The molecule has 1 aromatic heterocycles. The Kier molecular flexibility index (Phi) is 6.17. The molecule has 0 fully saturated rings. The molecule has 0 spiro atoms. The number of aromatic nitrogens is 3. The molecule has 3 aromatic rings. The Morgan fingerprint density at radius 1 is 1.07 bits per heavy atom. The second kappa shape index (κ2) is 8.42. The summed E-state index contributed by atoms with van der Waals surface area (Å²) < 4.78 is 41.3. The lowest BCUT2D eigenvalue weighted by molar-refractivity contribution is 0.522. The lowest BCUT2D eigenvalue weighted by Gasteiger charge is -2.12. The zero-order valence-corrected chi connectivity index (χ0v) is 17.5. The molecule has 0 atom stereocenters. The van der Waals surface area contributed by atoms with Crippen molar-refractivity contribution in [2.45, 2.75) is 12.1 Å². The number of aryl methyl sites for hydroxylation is 1.